The minimum absolute atomic E-state index is 0.293. The number of hydrogen-bond acceptors (Lipinski definition) is 6. The molecule has 0 aliphatic carbocycles. The van der Waals surface area contributed by atoms with E-state index >= 15 is 0 Å². The number of aromatic amines is 1. The molecule has 0 fully saturated rings. The van der Waals surface area contributed by atoms with Crippen molar-refractivity contribution >= 4 is 22.0 Å². The third-order valence-electron chi connectivity index (χ3n) is 1.96. The van der Waals surface area contributed by atoms with Gasteiger partial charge in [-0.25, -0.2) is 13.4 Å². The number of ether oxygens (including phenoxy) is 1. The number of nitrogens with one attached hydrogen (secondary N) is 2. The molecule has 0 bridgehead atoms. The summed E-state index contributed by atoms with van der Waals surface area (Å²) in [5.74, 6) is -2.32. The summed E-state index contributed by atoms with van der Waals surface area (Å²) in [7, 11) is -3.00. The number of carboxylic acids is 1. The van der Waals surface area contributed by atoms with Crippen LogP contribution >= 0.6 is 0 Å². The summed E-state index contributed by atoms with van der Waals surface area (Å²) >= 11 is 0. The molecule has 1 aromatic rings. The van der Waals surface area contributed by atoms with Crippen LogP contribution in [0.4, 0.5) is 0 Å². The fourth-order valence-electron chi connectivity index (χ4n) is 1.07. The predicted molar refractivity (Wildman–Crippen MR) is 57.0 cm³/mol. The van der Waals surface area contributed by atoms with Crippen molar-refractivity contribution in [1.29, 1.82) is 0 Å². The van der Waals surface area contributed by atoms with E-state index in [1.54, 1.807) is 0 Å². The van der Waals surface area contributed by atoms with Crippen LogP contribution in [0, 0.1) is 0 Å². The molecule has 0 spiro atoms. The third kappa shape index (κ3) is 3.53. The highest BCUT2D eigenvalue weighted by Gasteiger charge is 2.28. The summed E-state index contributed by atoms with van der Waals surface area (Å²) in [4.78, 5) is 27.6. The molecule has 10 heteroatoms. The van der Waals surface area contributed by atoms with Crippen molar-refractivity contribution in [3.63, 3.8) is 0 Å². The van der Waals surface area contributed by atoms with Crippen LogP contribution in [-0.2, 0) is 24.3 Å². The highest BCUT2D eigenvalue weighted by Crippen LogP contribution is 2.05. The summed E-state index contributed by atoms with van der Waals surface area (Å²) in [5.41, 5.74) is 0. The summed E-state index contributed by atoms with van der Waals surface area (Å²) < 4.78 is 29.5. The van der Waals surface area contributed by atoms with Crippen LogP contribution in [0.15, 0.2) is 17.6 Å². The molecule has 1 rings (SSSR count). The summed E-state index contributed by atoms with van der Waals surface area (Å²) in [6.45, 7) is 0. The van der Waals surface area contributed by atoms with Crippen LogP contribution in [0.2, 0.25) is 0 Å². The third-order valence-corrected chi connectivity index (χ3v) is 3.35. The van der Waals surface area contributed by atoms with Crippen molar-refractivity contribution in [3.8, 4) is 0 Å². The Morgan fingerprint density at radius 1 is 1.61 bits per heavy atom. The minimum Gasteiger partial charge on any atom is -0.480 e. The second-order valence-electron chi connectivity index (χ2n) is 3.21. The Morgan fingerprint density at radius 2 is 2.28 bits per heavy atom. The molecule has 18 heavy (non-hydrogen) atoms. The fraction of sp³-hybridized carbons (Fsp3) is 0.375. The molecule has 1 aromatic heterocycles. The van der Waals surface area contributed by atoms with E-state index in [-0.39, 0.29) is 5.03 Å². The maximum Gasteiger partial charge on any atom is 0.322 e. The maximum absolute atomic E-state index is 11.7. The lowest BCUT2D eigenvalue weighted by Crippen LogP contribution is -2.42. The molecule has 0 aliphatic rings. The number of imidazole rings is 1. The summed E-state index contributed by atoms with van der Waals surface area (Å²) in [6.07, 6.45) is 1.53. The normalized spacial score (nSPS) is 12.9. The number of carboxylic acid groups (broad SMARTS) is 1. The van der Waals surface area contributed by atoms with E-state index in [2.05, 4.69) is 14.7 Å². The van der Waals surface area contributed by atoms with Crippen LogP contribution in [0.3, 0.4) is 0 Å². The Bertz CT molecular complexity index is 523. The van der Waals surface area contributed by atoms with Crippen molar-refractivity contribution in [1.82, 2.24) is 14.7 Å². The second kappa shape index (κ2) is 5.60. The number of carbonyl (C=O) groups is 2. The molecule has 3 N–H and O–H groups in total. The molecule has 0 saturated carbocycles. The summed E-state index contributed by atoms with van der Waals surface area (Å²) in [5, 5.41) is 8.53. The number of nitrogens with zero attached hydrogens (tertiary/aromatic N) is 1. The largest absolute Gasteiger partial charge is 0.480 e. The van der Waals surface area contributed by atoms with Gasteiger partial charge in [-0.15, -0.1) is 0 Å². The van der Waals surface area contributed by atoms with Crippen molar-refractivity contribution in [2.75, 3.05) is 7.11 Å². The van der Waals surface area contributed by atoms with Crippen LogP contribution in [-0.4, -0.2) is 48.6 Å². The Morgan fingerprint density at radius 3 is 2.72 bits per heavy atom. The zero-order valence-electron chi connectivity index (χ0n) is 9.28. The van der Waals surface area contributed by atoms with Crippen molar-refractivity contribution < 1.29 is 27.9 Å². The second-order valence-corrected chi connectivity index (χ2v) is 4.89. The average Bonchev–Trinajstić information content (AvgIpc) is 2.81. The first-order chi connectivity index (χ1) is 8.36. The van der Waals surface area contributed by atoms with E-state index in [0.717, 1.165) is 19.6 Å². The number of H-pyrrole nitrogens is 1. The van der Waals surface area contributed by atoms with Gasteiger partial charge in [-0.05, 0) is 0 Å². The molecular weight excluding hydrogens is 266 g/mol. The molecule has 100 valence electrons. The van der Waals surface area contributed by atoms with E-state index in [1.807, 2.05) is 4.72 Å². The lowest BCUT2D eigenvalue weighted by atomic mass is 10.2. The van der Waals surface area contributed by atoms with Gasteiger partial charge < -0.3 is 14.8 Å². The van der Waals surface area contributed by atoms with E-state index in [0.29, 0.717) is 0 Å². The Labute approximate surface area is 102 Å². The predicted octanol–water partition coefficient (Wildman–Crippen LogP) is -1.30. The van der Waals surface area contributed by atoms with Gasteiger partial charge in [0, 0.05) is 0 Å². The van der Waals surface area contributed by atoms with E-state index < -0.39 is 34.4 Å². The molecule has 0 aliphatic heterocycles. The van der Waals surface area contributed by atoms with Gasteiger partial charge in [0.05, 0.1) is 26.1 Å². The number of methoxy groups -OCH3 is 1. The van der Waals surface area contributed by atoms with Gasteiger partial charge in [-0.1, -0.05) is 0 Å². The smallest absolute Gasteiger partial charge is 0.322 e. The van der Waals surface area contributed by atoms with Gasteiger partial charge in [-0.2, -0.15) is 4.72 Å². The first-order valence-corrected chi connectivity index (χ1v) is 6.15. The van der Waals surface area contributed by atoms with Gasteiger partial charge in [0.15, 0.2) is 5.03 Å². The molecule has 0 aromatic carbocycles. The van der Waals surface area contributed by atoms with Crippen LogP contribution < -0.4 is 4.72 Å². The number of hydrogen-bond donors (Lipinski definition) is 3. The number of aliphatic carboxylic acids is 1. The highest BCUT2D eigenvalue weighted by atomic mass is 32.2. The molecular formula is C8H11N3O6S. The Hall–Kier alpha value is -1.94. The van der Waals surface area contributed by atoms with E-state index in [1.165, 1.54) is 0 Å². The van der Waals surface area contributed by atoms with Gasteiger partial charge in [-0.3, -0.25) is 9.59 Å². The number of aromatic nitrogens is 2. The first kappa shape index (κ1) is 14.1. The number of sulfonamides is 1. The quantitative estimate of drug-likeness (QED) is 0.549. The SMILES string of the molecule is COC(=O)C[C@@H](NS(=O)(=O)c1cnc[nH]1)C(=O)O. The molecule has 1 heterocycles. The van der Waals surface area contributed by atoms with Gasteiger partial charge in [0.2, 0.25) is 0 Å². The van der Waals surface area contributed by atoms with Crippen LogP contribution in [0.5, 0.6) is 0 Å². The molecule has 1 atom stereocenters. The lowest BCUT2D eigenvalue weighted by Gasteiger charge is -2.12. The number of carbonyl (C=O) groups excluding carboxylic acids is 1. The van der Waals surface area contributed by atoms with E-state index in [4.69, 9.17) is 5.11 Å². The van der Waals surface area contributed by atoms with Crippen molar-refractivity contribution in [3.05, 3.63) is 12.5 Å². The molecule has 0 radical (unpaired) electrons. The lowest BCUT2D eigenvalue weighted by molar-refractivity contribution is -0.147. The topological polar surface area (TPSA) is 138 Å². The summed E-state index contributed by atoms with van der Waals surface area (Å²) in [6, 6.07) is -1.61. The number of esters is 1. The molecule has 9 nitrogen and oxygen atoms in total. The van der Waals surface area contributed by atoms with E-state index in [9.17, 15) is 18.0 Å². The Balaban J connectivity index is 2.85. The molecule has 0 saturated heterocycles. The zero-order valence-corrected chi connectivity index (χ0v) is 10.1. The minimum atomic E-state index is -4.07. The van der Waals surface area contributed by atoms with Gasteiger partial charge in [0.25, 0.3) is 10.0 Å². The molecule has 0 amide bonds. The van der Waals surface area contributed by atoms with Gasteiger partial charge in [0.1, 0.15) is 6.04 Å². The standard InChI is InChI=1S/C8H11N3O6S/c1-17-7(12)2-5(8(13)14)11-18(15,16)6-3-9-4-10-6/h3-5,11H,2H2,1H3,(H,9,10)(H,13,14)/t5-/m1/s1. The first-order valence-electron chi connectivity index (χ1n) is 4.67. The average molecular weight is 277 g/mol. The monoisotopic (exact) mass is 277 g/mol. The van der Waals surface area contributed by atoms with Crippen molar-refractivity contribution in [2.45, 2.75) is 17.5 Å². The van der Waals surface area contributed by atoms with Gasteiger partial charge >= 0.3 is 11.9 Å². The van der Waals surface area contributed by atoms with Crippen LogP contribution in [0.1, 0.15) is 6.42 Å². The zero-order chi connectivity index (χ0) is 13.8. The fourth-order valence-corrected chi connectivity index (χ4v) is 2.16. The van der Waals surface area contributed by atoms with Crippen molar-refractivity contribution in [2.24, 2.45) is 0 Å². The van der Waals surface area contributed by atoms with Crippen LogP contribution in [0.25, 0.3) is 0 Å². The Kier molecular flexibility index (Phi) is 4.39. The number of rotatable bonds is 6. The highest BCUT2D eigenvalue weighted by molar-refractivity contribution is 7.89. The molecule has 0 unspecified atom stereocenters. The maximum atomic E-state index is 11.7.